The standard InChI is InChI=1S/C27H39NO6.C3H6/c1-16(13-20-10-8-18(3)28(20)26(31)34-27(4,5)6)23-15-22(29)21-11-9-19(14-24(21)33-23)12-17(2)25(30)32-7;1-2-3-1/h9,11,14,16-18,20,23H,8,10,12-13,15H2,1-7H3;1-3H2. The SMILES string of the molecule is C1CC1.COC(=O)C(C)Cc1ccc2c(c1)OC(C(C)CC1CCC(C)N1C(=O)OC(C)(C)C)CC2=O. The number of ketones is 1. The number of carbonyl (C=O) groups is 3. The zero-order valence-corrected chi connectivity index (χ0v) is 23.7. The Morgan fingerprint density at radius 3 is 2.41 bits per heavy atom. The predicted octanol–water partition coefficient (Wildman–Crippen LogP) is 6.36. The lowest BCUT2D eigenvalue weighted by molar-refractivity contribution is -0.144. The van der Waals surface area contributed by atoms with Crippen LogP contribution in [-0.2, 0) is 20.7 Å². The van der Waals surface area contributed by atoms with Crippen molar-refractivity contribution in [1.29, 1.82) is 0 Å². The number of Topliss-reactive ketones (excluding diaryl/α,β-unsaturated/α-hetero) is 1. The van der Waals surface area contributed by atoms with Gasteiger partial charge in [-0.25, -0.2) is 4.79 Å². The molecule has 0 aromatic heterocycles. The van der Waals surface area contributed by atoms with Gasteiger partial charge in [-0.05, 0) is 77.0 Å². The van der Waals surface area contributed by atoms with Crippen LogP contribution in [0.4, 0.5) is 4.79 Å². The smallest absolute Gasteiger partial charge is 0.410 e. The van der Waals surface area contributed by atoms with Gasteiger partial charge < -0.3 is 19.1 Å². The zero-order valence-electron chi connectivity index (χ0n) is 23.7. The molecular weight excluding hydrogens is 470 g/mol. The van der Waals surface area contributed by atoms with Gasteiger partial charge in [0.25, 0.3) is 0 Å². The van der Waals surface area contributed by atoms with Gasteiger partial charge in [-0.15, -0.1) is 0 Å². The van der Waals surface area contributed by atoms with Crippen LogP contribution in [0.3, 0.4) is 0 Å². The topological polar surface area (TPSA) is 82.1 Å². The minimum Gasteiger partial charge on any atom is -0.489 e. The molecule has 1 saturated heterocycles. The molecule has 4 rings (SSSR count). The molecule has 1 saturated carbocycles. The maximum atomic E-state index is 12.9. The zero-order chi connectivity index (χ0) is 27.3. The largest absolute Gasteiger partial charge is 0.489 e. The van der Waals surface area contributed by atoms with E-state index in [0.717, 1.165) is 24.8 Å². The Labute approximate surface area is 222 Å². The van der Waals surface area contributed by atoms with Crippen LogP contribution in [0, 0.1) is 11.8 Å². The fourth-order valence-electron chi connectivity index (χ4n) is 5.00. The predicted molar refractivity (Wildman–Crippen MR) is 143 cm³/mol. The number of carbonyl (C=O) groups excluding carboxylic acids is 3. The lowest BCUT2D eigenvalue weighted by Crippen LogP contribution is -2.45. The maximum Gasteiger partial charge on any atom is 0.410 e. The molecule has 7 nitrogen and oxygen atoms in total. The van der Waals surface area contributed by atoms with Crippen molar-refractivity contribution in [3.63, 3.8) is 0 Å². The number of hydrogen-bond acceptors (Lipinski definition) is 6. The van der Waals surface area contributed by atoms with Crippen LogP contribution < -0.4 is 4.74 Å². The second kappa shape index (κ2) is 12.3. The van der Waals surface area contributed by atoms with Crippen LogP contribution in [0.1, 0.15) is 102 Å². The summed E-state index contributed by atoms with van der Waals surface area (Å²) in [4.78, 5) is 39.4. The van der Waals surface area contributed by atoms with Gasteiger partial charge in [0.15, 0.2) is 5.78 Å². The molecule has 2 fully saturated rings. The first-order valence-corrected chi connectivity index (χ1v) is 13.8. The number of likely N-dealkylation sites (tertiary alicyclic amines) is 1. The lowest BCUT2D eigenvalue weighted by Gasteiger charge is -2.35. The van der Waals surface area contributed by atoms with Gasteiger partial charge in [0.05, 0.1) is 18.6 Å². The van der Waals surface area contributed by atoms with E-state index >= 15 is 0 Å². The molecule has 2 heterocycles. The second-order valence-electron chi connectivity index (χ2n) is 12.0. The Morgan fingerprint density at radius 2 is 1.81 bits per heavy atom. The van der Waals surface area contributed by atoms with Crippen molar-refractivity contribution < 1.29 is 28.6 Å². The molecule has 1 amide bonds. The summed E-state index contributed by atoms with van der Waals surface area (Å²) in [5.74, 6) is 0.178. The molecule has 0 spiro atoms. The number of rotatable bonds is 6. The number of benzene rings is 1. The fraction of sp³-hybridized carbons (Fsp3) is 0.700. The minimum atomic E-state index is -0.540. The van der Waals surface area contributed by atoms with E-state index in [4.69, 9.17) is 14.2 Å². The Bertz CT molecular complexity index is 963. The molecule has 37 heavy (non-hydrogen) atoms. The number of ether oxygens (including phenoxy) is 3. The number of methoxy groups -OCH3 is 1. The van der Waals surface area contributed by atoms with E-state index in [1.165, 1.54) is 26.4 Å². The highest BCUT2D eigenvalue weighted by atomic mass is 16.6. The van der Waals surface area contributed by atoms with Crippen LogP contribution in [0.5, 0.6) is 5.75 Å². The first kappa shape index (κ1) is 29.0. The molecule has 3 aliphatic rings. The van der Waals surface area contributed by atoms with Crippen molar-refractivity contribution in [1.82, 2.24) is 4.90 Å². The number of fused-ring (bicyclic) bond motifs is 1. The van der Waals surface area contributed by atoms with Gasteiger partial charge in [-0.3, -0.25) is 9.59 Å². The van der Waals surface area contributed by atoms with Crippen molar-refractivity contribution in [3.05, 3.63) is 29.3 Å². The normalized spacial score (nSPS) is 24.1. The quantitative estimate of drug-likeness (QED) is 0.410. The first-order valence-electron chi connectivity index (χ1n) is 13.8. The monoisotopic (exact) mass is 515 g/mol. The number of nitrogens with zero attached hydrogens (tertiary/aromatic N) is 1. The Morgan fingerprint density at radius 1 is 1.14 bits per heavy atom. The van der Waals surface area contributed by atoms with E-state index in [1.807, 2.05) is 44.7 Å². The maximum absolute atomic E-state index is 12.9. The van der Waals surface area contributed by atoms with Crippen molar-refractivity contribution in [2.75, 3.05) is 7.11 Å². The van der Waals surface area contributed by atoms with Gasteiger partial charge >= 0.3 is 12.1 Å². The molecule has 5 atom stereocenters. The Balaban J connectivity index is 0.00000118. The van der Waals surface area contributed by atoms with Crippen molar-refractivity contribution in [2.45, 2.75) is 117 Å². The summed E-state index contributed by atoms with van der Waals surface area (Å²) in [6.07, 6.45) is 7.40. The van der Waals surface area contributed by atoms with Crippen molar-refractivity contribution >= 4 is 17.8 Å². The molecule has 1 aromatic rings. The molecule has 2 aliphatic heterocycles. The molecule has 1 aromatic carbocycles. The molecule has 1 aliphatic carbocycles. The van der Waals surface area contributed by atoms with Crippen molar-refractivity contribution in [2.24, 2.45) is 11.8 Å². The third-order valence-corrected chi connectivity index (χ3v) is 7.18. The third kappa shape index (κ3) is 8.21. The van der Waals surface area contributed by atoms with Gasteiger partial charge in [0, 0.05) is 18.5 Å². The lowest BCUT2D eigenvalue weighted by atomic mass is 9.88. The summed E-state index contributed by atoms with van der Waals surface area (Å²) >= 11 is 0. The summed E-state index contributed by atoms with van der Waals surface area (Å²) in [5, 5.41) is 0. The minimum absolute atomic E-state index is 0.0622. The number of hydrogen-bond donors (Lipinski definition) is 0. The van der Waals surface area contributed by atoms with Gasteiger partial charge in [-0.2, -0.15) is 0 Å². The molecular formula is C30H45NO6. The molecule has 0 radical (unpaired) electrons. The summed E-state index contributed by atoms with van der Waals surface area (Å²) < 4.78 is 16.8. The summed E-state index contributed by atoms with van der Waals surface area (Å²) in [6, 6.07) is 5.73. The second-order valence-corrected chi connectivity index (χ2v) is 12.0. The fourth-order valence-corrected chi connectivity index (χ4v) is 5.00. The average molecular weight is 516 g/mol. The van der Waals surface area contributed by atoms with Crippen LogP contribution in [-0.4, -0.2) is 53.6 Å². The van der Waals surface area contributed by atoms with Gasteiger partial charge in [0.2, 0.25) is 0 Å². The van der Waals surface area contributed by atoms with Crippen LogP contribution in [0.25, 0.3) is 0 Å². The van der Waals surface area contributed by atoms with E-state index in [9.17, 15) is 14.4 Å². The molecule has 0 bridgehead atoms. The molecule has 0 N–H and O–H groups in total. The molecule has 206 valence electrons. The average Bonchev–Trinajstić information content (AvgIpc) is 3.66. The van der Waals surface area contributed by atoms with E-state index in [0.29, 0.717) is 24.2 Å². The van der Waals surface area contributed by atoms with E-state index in [2.05, 4.69) is 13.8 Å². The molecule has 7 heteroatoms. The van der Waals surface area contributed by atoms with Gasteiger partial charge in [-0.1, -0.05) is 39.2 Å². The highest BCUT2D eigenvalue weighted by Gasteiger charge is 2.40. The van der Waals surface area contributed by atoms with E-state index < -0.39 is 5.60 Å². The number of esters is 1. The van der Waals surface area contributed by atoms with Crippen molar-refractivity contribution in [3.8, 4) is 5.75 Å². The Hall–Kier alpha value is -2.57. The highest BCUT2D eigenvalue weighted by molar-refractivity contribution is 6.00. The Kier molecular flexibility index (Phi) is 9.65. The number of amides is 1. The third-order valence-electron chi connectivity index (χ3n) is 7.18. The van der Waals surface area contributed by atoms with Crippen LogP contribution in [0.15, 0.2) is 18.2 Å². The van der Waals surface area contributed by atoms with E-state index in [1.54, 1.807) is 6.07 Å². The van der Waals surface area contributed by atoms with E-state index in [-0.39, 0.29) is 47.9 Å². The van der Waals surface area contributed by atoms with Gasteiger partial charge in [0.1, 0.15) is 17.5 Å². The summed E-state index contributed by atoms with van der Waals surface area (Å²) in [5.41, 5.74) is 0.975. The first-order chi connectivity index (χ1) is 17.4. The summed E-state index contributed by atoms with van der Waals surface area (Å²) in [6.45, 7) is 11.6. The van der Waals surface area contributed by atoms with Crippen LogP contribution in [0.2, 0.25) is 0 Å². The molecule has 5 unspecified atom stereocenters. The van der Waals surface area contributed by atoms with Crippen LogP contribution >= 0.6 is 0 Å². The highest BCUT2D eigenvalue weighted by Crippen LogP contribution is 2.36. The summed E-state index contributed by atoms with van der Waals surface area (Å²) in [7, 11) is 1.38.